The van der Waals surface area contributed by atoms with Crippen molar-refractivity contribution in [2.45, 2.75) is 26.0 Å². The van der Waals surface area contributed by atoms with Gasteiger partial charge in [-0.1, -0.05) is 6.92 Å². The number of nitrogens with zero attached hydrogens (tertiary/aromatic N) is 1. The fourth-order valence-electron chi connectivity index (χ4n) is 1.93. The average Bonchev–Trinajstić information content (AvgIpc) is 2.15. The summed E-state index contributed by atoms with van der Waals surface area (Å²) in [5.74, 6) is 1.05. The van der Waals surface area contributed by atoms with Crippen molar-refractivity contribution in [1.29, 1.82) is 0 Å². The zero-order valence-electron chi connectivity index (χ0n) is 10.1. The van der Waals surface area contributed by atoms with Gasteiger partial charge in [0.25, 0.3) is 0 Å². The Morgan fingerprint density at radius 2 is 2.27 bits per heavy atom. The first kappa shape index (κ1) is 12.8. The fourth-order valence-corrected chi connectivity index (χ4v) is 3.02. The van der Waals surface area contributed by atoms with Gasteiger partial charge in [-0.3, -0.25) is 4.79 Å². The van der Waals surface area contributed by atoms with E-state index in [1.807, 2.05) is 25.6 Å². The van der Waals surface area contributed by atoms with Gasteiger partial charge in [0.15, 0.2) is 0 Å². The van der Waals surface area contributed by atoms with Gasteiger partial charge in [0.2, 0.25) is 0 Å². The number of carbonyl (C=O) groups excluding carboxylic acids is 1. The Morgan fingerprint density at radius 1 is 1.60 bits per heavy atom. The number of thioether (sulfide) groups is 1. The van der Waals surface area contributed by atoms with Crippen LogP contribution in [0.3, 0.4) is 0 Å². The summed E-state index contributed by atoms with van der Waals surface area (Å²) in [6, 6.07) is 0. The number of hydrogen-bond acceptors (Lipinski definition) is 4. The van der Waals surface area contributed by atoms with Crippen molar-refractivity contribution in [2.75, 3.05) is 32.5 Å². The minimum Gasteiger partial charge on any atom is -0.469 e. The first-order chi connectivity index (χ1) is 6.95. The Balaban J connectivity index is 2.49. The molecule has 0 aromatic carbocycles. The fraction of sp³-hybridized carbons (Fsp3) is 0.909. The SMILES string of the molecule is COC(=O)C(C)(C)CN1CCSC(C)C1. The van der Waals surface area contributed by atoms with E-state index in [4.69, 9.17) is 4.74 Å². The normalized spacial score (nSPS) is 23.9. The summed E-state index contributed by atoms with van der Waals surface area (Å²) in [4.78, 5) is 13.9. The van der Waals surface area contributed by atoms with E-state index in [0.717, 1.165) is 19.6 Å². The molecule has 1 aliphatic rings. The molecule has 0 aromatic rings. The van der Waals surface area contributed by atoms with Crippen LogP contribution in [0.25, 0.3) is 0 Å². The molecule has 1 fully saturated rings. The number of ether oxygens (including phenoxy) is 1. The van der Waals surface area contributed by atoms with Gasteiger partial charge in [-0.05, 0) is 13.8 Å². The lowest BCUT2D eigenvalue weighted by atomic mass is 9.93. The summed E-state index contributed by atoms with van der Waals surface area (Å²) in [6.07, 6.45) is 0. The summed E-state index contributed by atoms with van der Waals surface area (Å²) in [6.45, 7) is 9.09. The molecule has 4 heteroatoms. The Bertz CT molecular complexity index is 231. The molecule has 0 N–H and O–H groups in total. The van der Waals surface area contributed by atoms with Crippen molar-refractivity contribution < 1.29 is 9.53 Å². The molecular weight excluding hydrogens is 210 g/mol. The highest BCUT2D eigenvalue weighted by Gasteiger charge is 2.32. The van der Waals surface area contributed by atoms with Gasteiger partial charge in [0.1, 0.15) is 0 Å². The molecule has 15 heavy (non-hydrogen) atoms. The lowest BCUT2D eigenvalue weighted by Crippen LogP contribution is -2.45. The summed E-state index contributed by atoms with van der Waals surface area (Å²) >= 11 is 2.00. The highest BCUT2D eigenvalue weighted by molar-refractivity contribution is 7.99. The van der Waals surface area contributed by atoms with E-state index in [0.29, 0.717) is 5.25 Å². The second kappa shape index (κ2) is 5.21. The lowest BCUT2D eigenvalue weighted by Gasteiger charge is -2.35. The quantitative estimate of drug-likeness (QED) is 0.690. The maximum atomic E-state index is 11.5. The van der Waals surface area contributed by atoms with Crippen LogP contribution in [0.15, 0.2) is 0 Å². The van der Waals surface area contributed by atoms with Crippen molar-refractivity contribution in [3.8, 4) is 0 Å². The van der Waals surface area contributed by atoms with E-state index in [2.05, 4.69) is 11.8 Å². The third kappa shape index (κ3) is 3.68. The van der Waals surface area contributed by atoms with Crippen LogP contribution in [0, 0.1) is 5.41 Å². The van der Waals surface area contributed by atoms with Crippen LogP contribution in [-0.4, -0.2) is 48.6 Å². The maximum Gasteiger partial charge on any atom is 0.312 e. The second-order valence-corrected chi connectivity index (χ2v) is 6.34. The Hall–Kier alpha value is -0.220. The average molecular weight is 231 g/mol. The first-order valence-electron chi connectivity index (χ1n) is 5.38. The van der Waals surface area contributed by atoms with Crippen molar-refractivity contribution in [3.05, 3.63) is 0 Å². The van der Waals surface area contributed by atoms with Crippen LogP contribution >= 0.6 is 11.8 Å². The van der Waals surface area contributed by atoms with Crippen molar-refractivity contribution >= 4 is 17.7 Å². The van der Waals surface area contributed by atoms with Crippen molar-refractivity contribution in [1.82, 2.24) is 4.90 Å². The smallest absolute Gasteiger partial charge is 0.312 e. The third-order valence-electron chi connectivity index (χ3n) is 2.68. The molecule has 3 nitrogen and oxygen atoms in total. The van der Waals surface area contributed by atoms with Gasteiger partial charge in [-0.2, -0.15) is 11.8 Å². The van der Waals surface area contributed by atoms with Crippen LogP contribution in [0.5, 0.6) is 0 Å². The van der Waals surface area contributed by atoms with Gasteiger partial charge in [-0.15, -0.1) is 0 Å². The van der Waals surface area contributed by atoms with Crippen LogP contribution < -0.4 is 0 Å². The van der Waals surface area contributed by atoms with E-state index in [-0.39, 0.29) is 5.97 Å². The van der Waals surface area contributed by atoms with Gasteiger partial charge in [-0.25, -0.2) is 0 Å². The van der Waals surface area contributed by atoms with Crippen LogP contribution in [0.2, 0.25) is 0 Å². The number of carbonyl (C=O) groups is 1. The molecule has 88 valence electrons. The lowest BCUT2D eigenvalue weighted by molar-refractivity contribution is -0.151. The van der Waals surface area contributed by atoms with Crippen LogP contribution in [0.1, 0.15) is 20.8 Å². The molecule has 1 unspecified atom stereocenters. The number of hydrogen-bond donors (Lipinski definition) is 0. The summed E-state index contributed by atoms with van der Waals surface area (Å²) < 4.78 is 4.81. The summed E-state index contributed by atoms with van der Waals surface area (Å²) in [7, 11) is 1.46. The number of methoxy groups -OCH3 is 1. The summed E-state index contributed by atoms with van der Waals surface area (Å²) in [5.41, 5.74) is -0.392. The molecule has 1 heterocycles. The van der Waals surface area contributed by atoms with Crippen LogP contribution in [0.4, 0.5) is 0 Å². The zero-order chi connectivity index (χ0) is 11.5. The van der Waals surface area contributed by atoms with Crippen LogP contribution in [-0.2, 0) is 9.53 Å². The standard InChI is InChI=1S/C11H21NO2S/c1-9-7-12(5-6-15-9)8-11(2,3)10(13)14-4/h9H,5-8H2,1-4H3. The molecule has 1 saturated heterocycles. The first-order valence-corrected chi connectivity index (χ1v) is 6.43. The molecule has 0 amide bonds. The molecule has 0 aliphatic carbocycles. The maximum absolute atomic E-state index is 11.5. The minimum absolute atomic E-state index is 0.117. The zero-order valence-corrected chi connectivity index (χ0v) is 10.9. The largest absolute Gasteiger partial charge is 0.469 e. The highest BCUT2D eigenvalue weighted by atomic mass is 32.2. The Kier molecular flexibility index (Phi) is 4.46. The van der Waals surface area contributed by atoms with Gasteiger partial charge < -0.3 is 9.64 Å². The molecule has 0 radical (unpaired) electrons. The van der Waals surface area contributed by atoms with Gasteiger partial charge in [0.05, 0.1) is 12.5 Å². The second-order valence-electron chi connectivity index (χ2n) is 4.79. The minimum atomic E-state index is -0.392. The third-order valence-corrected chi connectivity index (χ3v) is 3.82. The van der Waals surface area contributed by atoms with Crippen molar-refractivity contribution in [2.24, 2.45) is 5.41 Å². The molecule has 1 atom stereocenters. The molecule has 0 spiro atoms. The predicted molar refractivity (Wildman–Crippen MR) is 64.2 cm³/mol. The molecule has 0 bridgehead atoms. The van der Waals surface area contributed by atoms with Crippen molar-refractivity contribution in [3.63, 3.8) is 0 Å². The molecule has 0 aromatic heterocycles. The van der Waals surface area contributed by atoms with Gasteiger partial charge >= 0.3 is 5.97 Å². The summed E-state index contributed by atoms with van der Waals surface area (Å²) in [5, 5.41) is 0.673. The predicted octanol–water partition coefficient (Wildman–Crippen LogP) is 1.62. The van der Waals surface area contributed by atoms with Gasteiger partial charge in [0, 0.05) is 30.6 Å². The topological polar surface area (TPSA) is 29.5 Å². The highest BCUT2D eigenvalue weighted by Crippen LogP contribution is 2.23. The number of rotatable bonds is 3. The van der Waals surface area contributed by atoms with E-state index in [1.54, 1.807) is 0 Å². The molecule has 0 saturated carbocycles. The Labute approximate surface area is 96.5 Å². The van der Waals surface area contributed by atoms with E-state index >= 15 is 0 Å². The van der Waals surface area contributed by atoms with E-state index in [9.17, 15) is 4.79 Å². The number of esters is 1. The molecular formula is C11H21NO2S. The monoisotopic (exact) mass is 231 g/mol. The van der Waals surface area contributed by atoms with E-state index in [1.165, 1.54) is 12.9 Å². The molecule has 1 rings (SSSR count). The van der Waals surface area contributed by atoms with E-state index < -0.39 is 5.41 Å². The molecule has 1 aliphatic heterocycles. The Morgan fingerprint density at radius 3 is 2.80 bits per heavy atom.